The number of aromatic carboxylic acids is 1. The third-order valence-electron chi connectivity index (χ3n) is 2.75. The molecular weight excluding hydrogens is 194 g/mol. The van der Waals surface area contributed by atoms with Crippen LogP contribution < -0.4 is 5.32 Å². The Morgan fingerprint density at radius 1 is 1.53 bits per heavy atom. The summed E-state index contributed by atoms with van der Waals surface area (Å²) in [7, 11) is 0. The lowest BCUT2D eigenvalue weighted by Gasteiger charge is -2.07. The van der Waals surface area contributed by atoms with Crippen LogP contribution in [-0.4, -0.2) is 29.3 Å². The molecule has 1 unspecified atom stereocenters. The number of hydrogen-bond donors (Lipinski definition) is 3. The van der Waals surface area contributed by atoms with Crippen molar-refractivity contribution in [3.8, 4) is 0 Å². The number of anilines is 1. The lowest BCUT2D eigenvalue weighted by molar-refractivity contribution is 0.0697. The number of aliphatic hydroxyl groups excluding tert-OH is 1. The van der Waals surface area contributed by atoms with E-state index in [0.717, 1.165) is 17.8 Å². The van der Waals surface area contributed by atoms with Gasteiger partial charge < -0.3 is 15.5 Å². The highest BCUT2D eigenvalue weighted by molar-refractivity contribution is 5.88. The quantitative estimate of drug-likeness (QED) is 0.698. The second-order valence-corrected chi connectivity index (χ2v) is 3.70. The molecule has 3 N–H and O–H groups in total. The monoisotopic (exact) mass is 207 g/mol. The van der Waals surface area contributed by atoms with Gasteiger partial charge in [0, 0.05) is 24.8 Å². The van der Waals surface area contributed by atoms with Crippen LogP contribution in [0.25, 0.3) is 0 Å². The Morgan fingerprint density at radius 2 is 2.33 bits per heavy atom. The second-order valence-electron chi connectivity index (χ2n) is 3.70. The van der Waals surface area contributed by atoms with Crippen LogP contribution >= 0.6 is 0 Å². The van der Waals surface area contributed by atoms with Gasteiger partial charge in [-0.1, -0.05) is 0 Å². The van der Waals surface area contributed by atoms with Crippen molar-refractivity contribution >= 4 is 11.7 Å². The van der Waals surface area contributed by atoms with Crippen LogP contribution in [0, 0.1) is 0 Å². The van der Waals surface area contributed by atoms with Gasteiger partial charge in [0.05, 0.1) is 5.56 Å². The molecule has 0 aliphatic carbocycles. The van der Waals surface area contributed by atoms with Gasteiger partial charge in [0.25, 0.3) is 0 Å². The van der Waals surface area contributed by atoms with E-state index in [1.165, 1.54) is 0 Å². The van der Waals surface area contributed by atoms with Gasteiger partial charge in [-0.25, -0.2) is 4.79 Å². The molecule has 15 heavy (non-hydrogen) atoms. The molecule has 0 saturated carbocycles. The van der Waals surface area contributed by atoms with Crippen molar-refractivity contribution in [2.45, 2.75) is 12.3 Å². The SMILES string of the molecule is O=C(O)c1ccc2c(c1)C(CCO)CN2. The molecule has 4 heteroatoms. The van der Waals surface area contributed by atoms with Gasteiger partial charge in [-0.05, 0) is 30.2 Å². The smallest absolute Gasteiger partial charge is 0.335 e. The minimum Gasteiger partial charge on any atom is -0.478 e. The van der Waals surface area contributed by atoms with E-state index in [-0.39, 0.29) is 12.5 Å². The maximum absolute atomic E-state index is 10.8. The zero-order chi connectivity index (χ0) is 10.8. The van der Waals surface area contributed by atoms with Crippen LogP contribution in [0.15, 0.2) is 18.2 Å². The number of aliphatic hydroxyl groups is 1. The van der Waals surface area contributed by atoms with Crippen molar-refractivity contribution in [1.82, 2.24) is 0 Å². The van der Waals surface area contributed by atoms with Crippen LogP contribution in [0.4, 0.5) is 5.69 Å². The fourth-order valence-electron chi connectivity index (χ4n) is 1.95. The predicted octanol–water partition coefficient (Wildman–Crippen LogP) is 1.28. The average Bonchev–Trinajstić information content (AvgIpc) is 2.61. The first-order valence-electron chi connectivity index (χ1n) is 4.94. The minimum absolute atomic E-state index is 0.128. The summed E-state index contributed by atoms with van der Waals surface area (Å²) in [5, 5.41) is 20.9. The molecule has 2 rings (SSSR count). The fourth-order valence-corrected chi connectivity index (χ4v) is 1.95. The van der Waals surface area contributed by atoms with E-state index in [9.17, 15) is 4.79 Å². The molecule has 1 aliphatic heterocycles. The Balaban J connectivity index is 2.33. The molecular formula is C11H13NO3. The Kier molecular flexibility index (Phi) is 2.60. The molecule has 0 spiro atoms. The zero-order valence-corrected chi connectivity index (χ0v) is 8.23. The molecule has 0 fully saturated rings. The fraction of sp³-hybridized carbons (Fsp3) is 0.364. The van der Waals surface area contributed by atoms with Crippen molar-refractivity contribution in [3.63, 3.8) is 0 Å². The molecule has 1 heterocycles. The van der Waals surface area contributed by atoms with Crippen molar-refractivity contribution in [2.75, 3.05) is 18.5 Å². The lowest BCUT2D eigenvalue weighted by atomic mass is 9.96. The van der Waals surface area contributed by atoms with Gasteiger partial charge in [0.2, 0.25) is 0 Å². The van der Waals surface area contributed by atoms with Crippen molar-refractivity contribution < 1.29 is 15.0 Å². The standard InChI is InChI=1S/C11H13NO3/c13-4-3-8-6-12-10-2-1-7(11(14)15)5-9(8)10/h1-2,5,8,12-13H,3-4,6H2,(H,14,15). The van der Waals surface area contributed by atoms with E-state index in [1.807, 2.05) is 0 Å². The van der Waals surface area contributed by atoms with Crippen LogP contribution in [0.5, 0.6) is 0 Å². The first kappa shape index (κ1) is 9.98. The van der Waals surface area contributed by atoms with Gasteiger partial charge in [0.15, 0.2) is 0 Å². The highest BCUT2D eigenvalue weighted by atomic mass is 16.4. The summed E-state index contributed by atoms with van der Waals surface area (Å²) in [4.78, 5) is 10.8. The van der Waals surface area contributed by atoms with Crippen LogP contribution in [-0.2, 0) is 0 Å². The van der Waals surface area contributed by atoms with Gasteiger partial charge >= 0.3 is 5.97 Å². The normalized spacial score (nSPS) is 18.3. The molecule has 4 nitrogen and oxygen atoms in total. The zero-order valence-electron chi connectivity index (χ0n) is 8.23. The van der Waals surface area contributed by atoms with Crippen LogP contribution in [0.2, 0.25) is 0 Å². The van der Waals surface area contributed by atoms with E-state index in [4.69, 9.17) is 10.2 Å². The first-order valence-corrected chi connectivity index (χ1v) is 4.94. The van der Waals surface area contributed by atoms with E-state index in [1.54, 1.807) is 18.2 Å². The molecule has 0 aromatic heterocycles. The number of carboxylic acids is 1. The van der Waals surface area contributed by atoms with Gasteiger partial charge in [-0.2, -0.15) is 0 Å². The van der Waals surface area contributed by atoms with Gasteiger partial charge in [-0.3, -0.25) is 0 Å². The Bertz CT molecular complexity index is 387. The third kappa shape index (κ3) is 1.80. The summed E-state index contributed by atoms with van der Waals surface area (Å²) >= 11 is 0. The van der Waals surface area contributed by atoms with Crippen molar-refractivity contribution in [3.05, 3.63) is 29.3 Å². The average molecular weight is 207 g/mol. The number of carbonyl (C=O) groups is 1. The Labute approximate surface area is 87.6 Å². The van der Waals surface area contributed by atoms with E-state index in [2.05, 4.69) is 5.32 Å². The predicted molar refractivity (Wildman–Crippen MR) is 56.3 cm³/mol. The summed E-state index contributed by atoms with van der Waals surface area (Å²) in [6, 6.07) is 5.07. The molecule has 80 valence electrons. The van der Waals surface area contributed by atoms with Gasteiger partial charge in [0.1, 0.15) is 0 Å². The molecule has 0 radical (unpaired) electrons. The summed E-state index contributed by atoms with van der Waals surface area (Å²) in [5.74, 6) is -0.684. The molecule has 1 aromatic rings. The minimum atomic E-state index is -0.910. The molecule has 1 aromatic carbocycles. The molecule has 0 saturated heterocycles. The maximum Gasteiger partial charge on any atom is 0.335 e. The number of hydrogen-bond acceptors (Lipinski definition) is 3. The van der Waals surface area contributed by atoms with Gasteiger partial charge in [-0.15, -0.1) is 0 Å². The van der Waals surface area contributed by atoms with Crippen LogP contribution in [0.3, 0.4) is 0 Å². The summed E-state index contributed by atoms with van der Waals surface area (Å²) < 4.78 is 0. The number of nitrogens with one attached hydrogen (secondary N) is 1. The Hall–Kier alpha value is -1.55. The van der Waals surface area contributed by atoms with E-state index >= 15 is 0 Å². The first-order chi connectivity index (χ1) is 7.22. The van der Waals surface area contributed by atoms with E-state index < -0.39 is 5.97 Å². The van der Waals surface area contributed by atoms with E-state index in [0.29, 0.717) is 12.0 Å². The highest BCUT2D eigenvalue weighted by Crippen LogP contribution is 2.33. The number of rotatable bonds is 3. The Morgan fingerprint density at radius 3 is 3.00 bits per heavy atom. The lowest BCUT2D eigenvalue weighted by Crippen LogP contribution is -2.04. The number of benzene rings is 1. The van der Waals surface area contributed by atoms with Crippen molar-refractivity contribution in [1.29, 1.82) is 0 Å². The topological polar surface area (TPSA) is 69.6 Å². The second kappa shape index (κ2) is 3.90. The molecule has 0 amide bonds. The highest BCUT2D eigenvalue weighted by Gasteiger charge is 2.22. The molecule has 0 bridgehead atoms. The summed E-state index contributed by atoms with van der Waals surface area (Å²) in [5.41, 5.74) is 2.29. The van der Waals surface area contributed by atoms with Crippen molar-refractivity contribution in [2.24, 2.45) is 0 Å². The number of carboxylic acid groups (broad SMARTS) is 1. The summed E-state index contributed by atoms with van der Waals surface area (Å²) in [6.45, 7) is 0.905. The molecule has 1 aliphatic rings. The number of fused-ring (bicyclic) bond motifs is 1. The van der Waals surface area contributed by atoms with Crippen LogP contribution in [0.1, 0.15) is 28.3 Å². The largest absolute Gasteiger partial charge is 0.478 e. The summed E-state index contributed by atoms with van der Waals surface area (Å²) in [6.07, 6.45) is 0.670. The maximum atomic E-state index is 10.8. The third-order valence-corrected chi connectivity index (χ3v) is 2.75. The molecule has 1 atom stereocenters.